The molecule has 1 saturated heterocycles. The van der Waals surface area contributed by atoms with Gasteiger partial charge in [0.2, 0.25) is 17.6 Å². The quantitative estimate of drug-likeness (QED) is 0.283. The van der Waals surface area contributed by atoms with Crippen molar-refractivity contribution in [2.24, 2.45) is 0 Å². The van der Waals surface area contributed by atoms with Crippen molar-refractivity contribution in [1.82, 2.24) is 9.55 Å². The highest BCUT2D eigenvalue weighted by Crippen LogP contribution is 2.65. The molecule has 0 aliphatic carbocycles. The average Bonchev–Trinajstić information content (AvgIpc) is 3.44. The topological polar surface area (TPSA) is 121 Å². The predicted molar refractivity (Wildman–Crippen MR) is 136 cm³/mol. The molecule has 0 amide bonds. The van der Waals surface area contributed by atoms with E-state index in [0.717, 1.165) is 0 Å². The molecule has 4 heterocycles. The summed E-state index contributed by atoms with van der Waals surface area (Å²) in [5.74, 6) is -0.832. The van der Waals surface area contributed by atoms with Gasteiger partial charge in [-0.05, 0) is 25.1 Å². The van der Waals surface area contributed by atoms with Crippen molar-refractivity contribution in [3.63, 3.8) is 0 Å². The Balaban J connectivity index is 1.39. The number of benzene rings is 2. The zero-order chi connectivity index (χ0) is 28.6. The Labute approximate surface area is 230 Å². The highest BCUT2D eigenvalue weighted by Gasteiger charge is 2.66. The van der Waals surface area contributed by atoms with E-state index >= 15 is 0 Å². The number of alkyl halides is 3. The molecule has 0 spiro atoms. The molecule has 0 saturated carbocycles. The van der Waals surface area contributed by atoms with Crippen molar-refractivity contribution >= 4 is 22.4 Å². The van der Waals surface area contributed by atoms with Gasteiger partial charge in [-0.2, -0.15) is 18.4 Å². The van der Waals surface area contributed by atoms with Crippen molar-refractivity contribution in [1.29, 1.82) is 5.26 Å². The summed E-state index contributed by atoms with van der Waals surface area (Å²) in [5, 5.41) is 44.3. The number of halogens is 4. The third kappa shape index (κ3) is 3.63. The van der Waals surface area contributed by atoms with Crippen LogP contribution in [0.25, 0.3) is 16.5 Å². The maximum atomic E-state index is 12.9. The van der Waals surface area contributed by atoms with Crippen LogP contribution < -0.4 is 4.74 Å². The Kier molecular flexibility index (Phi) is 5.75. The number of ether oxygens (including phenoxy) is 2. The first-order valence-corrected chi connectivity index (χ1v) is 12.6. The van der Waals surface area contributed by atoms with Gasteiger partial charge in [-0.15, -0.1) is 0 Å². The third-order valence-corrected chi connectivity index (χ3v) is 8.05. The first-order chi connectivity index (χ1) is 18.9. The molecule has 2 aliphatic rings. The van der Waals surface area contributed by atoms with E-state index in [9.17, 15) is 33.8 Å². The molecule has 0 radical (unpaired) electrons. The number of aromatic nitrogens is 2. The highest BCUT2D eigenvalue weighted by atomic mass is 35.5. The fraction of sp³-hybridized carbons (Fsp3) is 0.286. The average molecular weight is 572 g/mol. The number of aliphatic hydroxyl groups is 1. The molecule has 40 heavy (non-hydrogen) atoms. The maximum Gasteiger partial charge on any atom is 0.417 e. The van der Waals surface area contributed by atoms with Gasteiger partial charge in [-0.3, -0.25) is 4.57 Å². The summed E-state index contributed by atoms with van der Waals surface area (Å²) >= 11 is 5.97. The van der Waals surface area contributed by atoms with Crippen LogP contribution in [-0.4, -0.2) is 37.6 Å². The summed E-state index contributed by atoms with van der Waals surface area (Å²) in [4.78, 5) is 3.68. The van der Waals surface area contributed by atoms with Gasteiger partial charge in [-0.25, -0.2) is 4.98 Å². The van der Waals surface area contributed by atoms with Gasteiger partial charge in [-0.1, -0.05) is 35.9 Å². The lowest BCUT2D eigenvalue weighted by Gasteiger charge is -2.26. The number of nitrogens with zero attached hydrogens (tertiary/aromatic N) is 3. The molecule has 2 aromatic heterocycles. The van der Waals surface area contributed by atoms with E-state index in [-0.39, 0.29) is 53.2 Å². The second-order valence-corrected chi connectivity index (χ2v) is 10.5. The Morgan fingerprint density at radius 1 is 1.18 bits per heavy atom. The molecular weight excluding hydrogens is 551 g/mol. The van der Waals surface area contributed by atoms with Crippen LogP contribution >= 0.6 is 11.6 Å². The molecule has 8 nitrogen and oxygen atoms in total. The first-order valence-electron chi connectivity index (χ1n) is 12.2. The normalized spacial score (nSPS) is 23.4. The Hall–Kier alpha value is -3.98. The fourth-order valence-corrected chi connectivity index (χ4v) is 6.14. The zero-order valence-electron chi connectivity index (χ0n) is 20.8. The molecule has 2 bridgehead atoms. The molecule has 3 N–H and O–H groups in total. The number of fused-ring (bicyclic) bond motifs is 6. The van der Waals surface area contributed by atoms with Gasteiger partial charge in [0, 0.05) is 29.8 Å². The summed E-state index contributed by atoms with van der Waals surface area (Å²) in [6, 6.07) is 13.1. The van der Waals surface area contributed by atoms with Crippen LogP contribution in [0.4, 0.5) is 13.2 Å². The molecule has 3 atom stereocenters. The van der Waals surface area contributed by atoms with Gasteiger partial charge in [0.15, 0.2) is 0 Å². The molecule has 206 valence electrons. The standard InChI is InChI=1S/C28H21ClF3N3O5/c1-26-20(36)11-27(40-26,8-9-39-23-18(29)10-15(13-34-23)28(30,31)32)22-21(26)24(37)35(25(22)38)19-7-6-14(12-33)16-4-2-3-5-17(16)19/h2-7,10,13,20,36-38H,8-9,11H2,1H3/t20-,26-,27+/m0/s1. The predicted octanol–water partition coefficient (Wildman–Crippen LogP) is 5.65. The molecule has 0 unspecified atom stereocenters. The number of aromatic hydroxyl groups is 2. The monoisotopic (exact) mass is 571 g/mol. The van der Waals surface area contributed by atoms with E-state index in [1.807, 2.05) is 0 Å². The van der Waals surface area contributed by atoms with Gasteiger partial charge in [0.25, 0.3) is 0 Å². The van der Waals surface area contributed by atoms with Crippen LogP contribution in [0.15, 0.2) is 48.7 Å². The van der Waals surface area contributed by atoms with Gasteiger partial charge in [0.05, 0.1) is 46.7 Å². The van der Waals surface area contributed by atoms with Crippen LogP contribution in [0, 0.1) is 11.3 Å². The van der Waals surface area contributed by atoms with Crippen LogP contribution in [0.2, 0.25) is 5.02 Å². The van der Waals surface area contributed by atoms with E-state index in [4.69, 9.17) is 21.1 Å². The molecule has 12 heteroatoms. The summed E-state index contributed by atoms with van der Waals surface area (Å²) in [7, 11) is 0. The number of aliphatic hydroxyl groups excluding tert-OH is 1. The summed E-state index contributed by atoms with van der Waals surface area (Å²) < 4.78 is 52.0. The summed E-state index contributed by atoms with van der Waals surface area (Å²) in [6.07, 6.45) is -4.91. The van der Waals surface area contributed by atoms with Crippen LogP contribution in [-0.2, 0) is 22.1 Å². The minimum absolute atomic E-state index is 0.0524. The third-order valence-electron chi connectivity index (χ3n) is 7.78. The Morgan fingerprint density at radius 2 is 1.88 bits per heavy atom. The highest BCUT2D eigenvalue weighted by molar-refractivity contribution is 6.31. The lowest BCUT2D eigenvalue weighted by atomic mass is 9.76. The number of pyridine rings is 1. The van der Waals surface area contributed by atoms with Crippen molar-refractivity contribution in [3.05, 3.63) is 75.9 Å². The zero-order valence-corrected chi connectivity index (χ0v) is 21.6. The van der Waals surface area contributed by atoms with Crippen molar-refractivity contribution in [2.45, 2.75) is 43.2 Å². The number of hydrogen-bond acceptors (Lipinski definition) is 7. The van der Waals surface area contributed by atoms with Crippen LogP contribution in [0.3, 0.4) is 0 Å². The van der Waals surface area contributed by atoms with Crippen molar-refractivity contribution < 1.29 is 38.0 Å². The second-order valence-electron chi connectivity index (χ2n) is 10.1. The Morgan fingerprint density at radius 3 is 2.55 bits per heavy atom. The number of rotatable bonds is 5. The number of hydrogen-bond donors (Lipinski definition) is 3. The second kappa shape index (κ2) is 8.76. The van der Waals surface area contributed by atoms with E-state index in [0.29, 0.717) is 34.3 Å². The lowest BCUT2D eigenvalue weighted by Crippen LogP contribution is -2.33. The fourth-order valence-electron chi connectivity index (χ4n) is 5.92. The Bertz CT molecular complexity index is 1730. The minimum Gasteiger partial charge on any atom is -0.494 e. The smallest absolute Gasteiger partial charge is 0.417 e. The van der Waals surface area contributed by atoms with Gasteiger partial charge < -0.3 is 24.8 Å². The first kappa shape index (κ1) is 26.3. The van der Waals surface area contributed by atoms with Crippen molar-refractivity contribution in [2.75, 3.05) is 6.61 Å². The summed E-state index contributed by atoms with van der Waals surface area (Å²) in [5.41, 5.74) is -2.30. The van der Waals surface area contributed by atoms with Gasteiger partial charge in [0.1, 0.15) is 16.2 Å². The number of nitriles is 1. The van der Waals surface area contributed by atoms with Gasteiger partial charge >= 0.3 is 6.18 Å². The van der Waals surface area contributed by atoms with Crippen LogP contribution in [0.5, 0.6) is 17.6 Å². The summed E-state index contributed by atoms with van der Waals surface area (Å²) in [6.45, 7) is 1.48. The molecular formula is C28H21ClF3N3O5. The lowest BCUT2D eigenvalue weighted by molar-refractivity contribution is -0.137. The molecule has 2 aliphatic heterocycles. The van der Waals surface area contributed by atoms with E-state index < -0.39 is 29.0 Å². The SMILES string of the molecule is C[C@]12O[C@](CCOc3ncc(C(F)(F)F)cc3Cl)(C[C@@H]1O)c1c2c(O)n(-c2ccc(C#N)c3ccccc23)c1O. The van der Waals surface area contributed by atoms with Crippen molar-refractivity contribution in [3.8, 4) is 29.4 Å². The minimum atomic E-state index is -4.61. The molecule has 6 rings (SSSR count). The molecule has 1 fully saturated rings. The van der Waals surface area contributed by atoms with E-state index in [2.05, 4.69) is 11.1 Å². The molecule has 4 aromatic rings. The van der Waals surface area contributed by atoms with E-state index in [1.165, 1.54) is 4.57 Å². The molecule has 2 aromatic carbocycles. The maximum absolute atomic E-state index is 12.9. The van der Waals surface area contributed by atoms with E-state index in [1.54, 1.807) is 43.3 Å². The largest absolute Gasteiger partial charge is 0.494 e. The van der Waals surface area contributed by atoms with Crippen LogP contribution in [0.1, 0.15) is 42.0 Å².